The summed E-state index contributed by atoms with van der Waals surface area (Å²) in [6.45, 7) is 1.91. The Labute approximate surface area is 133 Å². The highest BCUT2D eigenvalue weighted by atomic mass is 19.1. The largest absolute Gasteiger partial charge is 0.261 e. The van der Waals surface area contributed by atoms with Crippen LogP contribution in [0.2, 0.25) is 0 Å². The SMILES string of the molecule is Cc1cc(N/N=C\c2ccc(F)cc2)nc(-c2ccccc2)n1. The molecule has 1 N–H and O–H groups in total. The highest BCUT2D eigenvalue weighted by Crippen LogP contribution is 2.17. The molecule has 0 amide bonds. The van der Waals surface area contributed by atoms with Crippen LogP contribution in [-0.4, -0.2) is 16.2 Å². The zero-order chi connectivity index (χ0) is 16.1. The van der Waals surface area contributed by atoms with E-state index in [2.05, 4.69) is 20.5 Å². The van der Waals surface area contributed by atoms with Crippen molar-refractivity contribution >= 4 is 12.0 Å². The third kappa shape index (κ3) is 3.97. The van der Waals surface area contributed by atoms with Crippen LogP contribution in [0.5, 0.6) is 0 Å². The predicted octanol–water partition coefficient (Wildman–Crippen LogP) is 4.04. The Bertz CT molecular complexity index is 814. The summed E-state index contributed by atoms with van der Waals surface area (Å²) in [7, 11) is 0. The van der Waals surface area contributed by atoms with E-state index in [0.29, 0.717) is 11.6 Å². The van der Waals surface area contributed by atoms with Gasteiger partial charge in [0, 0.05) is 17.3 Å². The lowest BCUT2D eigenvalue weighted by molar-refractivity contribution is 0.628. The standard InChI is InChI=1S/C18H15FN4/c1-13-11-17(22-18(21-13)15-5-3-2-4-6-15)23-20-12-14-7-9-16(19)10-8-14/h2-12H,1H3,(H,21,22,23)/b20-12-. The van der Waals surface area contributed by atoms with E-state index < -0.39 is 0 Å². The fourth-order valence-corrected chi connectivity index (χ4v) is 2.06. The van der Waals surface area contributed by atoms with Crippen molar-refractivity contribution < 1.29 is 4.39 Å². The Morgan fingerprint density at radius 1 is 1.00 bits per heavy atom. The van der Waals surface area contributed by atoms with Gasteiger partial charge < -0.3 is 0 Å². The second-order valence-electron chi connectivity index (χ2n) is 5.01. The normalized spacial score (nSPS) is 10.9. The lowest BCUT2D eigenvalue weighted by atomic mass is 10.2. The van der Waals surface area contributed by atoms with Crippen LogP contribution in [0.15, 0.2) is 65.8 Å². The number of nitrogens with zero attached hydrogens (tertiary/aromatic N) is 3. The van der Waals surface area contributed by atoms with Gasteiger partial charge in [0.1, 0.15) is 5.82 Å². The Balaban J connectivity index is 1.78. The zero-order valence-electron chi connectivity index (χ0n) is 12.6. The number of halogens is 1. The average molecular weight is 306 g/mol. The quantitative estimate of drug-likeness (QED) is 0.584. The summed E-state index contributed by atoms with van der Waals surface area (Å²) in [6, 6.07) is 17.7. The maximum Gasteiger partial charge on any atom is 0.161 e. The number of nitrogens with one attached hydrogen (secondary N) is 1. The molecule has 3 aromatic rings. The fourth-order valence-electron chi connectivity index (χ4n) is 2.06. The molecule has 23 heavy (non-hydrogen) atoms. The smallest absolute Gasteiger partial charge is 0.161 e. The molecular formula is C18H15FN4. The Morgan fingerprint density at radius 2 is 1.74 bits per heavy atom. The van der Waals surface area contributed by atoms with Gasteiger partial charge in [0.15, 0.2) is 11.6 Å². The summed E-state index contributed by atoms with van der Waals surface area (Å²) < 4.78 is 12.8. The molecule has 0 atom stereocenters. The third-order valence-corrected chi connectivity index (χ3v) is 3.15. The van der Waals surface area contributed by atoms with Crippen molar-refractivity contribution in [1.29, 1.82) is 0 Å². The van der Waals surface area contributed by atoms with Crippen LogP contribution >= 0.6 is 0 Å². The number of aryl methyl sites for hydroxylation is 1. The summed E-state index contributed by atoms with van der Waals surface area (Å²) in [5, 5.41) is 4.13. The molecule has 0 spiro atoms. The van der Waals surface area contributed by atoms with Gasteiger partial charge in [-0.25, -0.2) is 14.4 Å². The molecule has 1 heterocycles. The van der Waals surface area contributed by atoms with Gasteiger partial charge in [0.25, 0.3) is 0 Å². The second-order valence-corrected chi connectivity index (χ2v) is 5.01. The summed E-state index contributed by atoms with van der Waals surface area (Å²) in [4.78, 5) is 8.89. The van der Waals surface area contributed by atoms with Gasteiger partial charge in [-0.3, -0.25) is 5.43 Å². The molecule has 0 saturated heterocycles. The molecule has 0 aliphatic rings. The van der Waals surface area contributed by atoms with Crippen molar-refractivity contribution in [2.75, 3.05) is 5.43 Å². The number of hydrogen-bond donors (Lipinski definition) is 1. The topological polar surface area (TPSA) is 50.2 Å². The molecule has 3 rings (SSSR count). The van der Waals surface area contributed by atoms with Crippen LogP contribution in [0.1, 0.15) is 11.3 Å². The van der Waals surface area contributed by atoms with Crippen LogP contribution in [0, 0.1) is 12.7 Å². The summed E-state index contributed by atoms with van der Waals surface area (Å²) in [6.07, 6.45) is 1.61. The van der Waals surface area contributed by atoms with Crippen molar-refractivity contribution in [2.24, 2.45) is 5.10 Å². The lowest BCUT2D eigenvalue weighted by Gasteiger charge is -2.05. The molecule has 0 aliphatic heterocycles. The number of hydrogen-bond acceptors (Lipinski definition) is 4. The van der Waals surface area contributed by atoms with Crippen molar-refractivity contribution in [3.63, 3.8) is 0 Å². The maximum atomic E-state index is 12.8. The molecule has 0 saturated carbocycles. The third-order valence-electron chi connectivity index (χ3n) is 3.15. The molecule has 0 aliphatic carbocycles. The first-order chi connectivity index (χ1) is 11.2. The van der Waals surface area contributed by atoms with Gasteiger partial charge in [-0.2, -0.15) is 5.10 Å². The van der Waals surface area contributed by atoms with Gasteiger partial charge in [0.05, 0.1) is 6.21 Å². The molecule has 0 fully saturated rings. The van der Waals surface area contributed by atoms with Crippen molar-refractivity contribution in [3.8, 4) is 11.4 Å². The highest BCUT2D eigenvalue weighted by Gasteiger charge is 2.03. The first kappa shape index (κ1) is 14.8. The van der Waals surface area contributed by atoms with E-state index in [1.807, 2.05) is 43.3 Å². The number of anilines is 1. The van der Waals surface area contributed by atoms with Crippen LogP contribution in [0.4, 0.5) is 10.2 Å². The summed E-state index contributed by atoms with van der Waals surface area (Å²) in [5.74, 6) is 0.980. The minimum atomic E-state index is -0.269. The molecule has 4 nitrogen and oxygen atoms in total. The minimum Gasteiger partial charge on any atom is -0.261 e. The molecular weight excluding hydrogens is 291 g/mol. The first-order valence-electron chi connectivity index (χ1n) is 7.16. The van der Waals surface area contributed by atoms with E-state index in [0.717, 1.165) is 16.8 Å². The van der Waals surface area contributed by atoms with Crippen LogP contribution < -0.4 is 5.43 Å². The number of hydrazone groups is 1. The molecule has 5 heteroatoms. The predicted molar refractivity (Wildman–Crippen MR) is 89.8 cm³/mol. The maximum absolute atomic E-state index is 12.8. The van der Waals surface area contributed by atoms with Crippen molar-refractivity contribution in [2.45, 2.75) is 6.92 Å². The van der Waals surface area contributed by atoms with Gasteiger partial charge >= 0.3 is 0 Å². The van der Waals surface area contributed by atoms with E-state index in [1.165, 1.54) is 12.1 Å². The molecule has 2 aromatic carbocycles. The fraction of sp³-hybridized carbons (Fsp3) is 0.0556. The van der Waals surface area contributed by atoms with E-state index in [9.17, 15) is 4.39 Å². The van der Waals surface area contributed by atoms with E-state index in [-0.39, 0.29) is 5.82 Å². The average Bonchev–Trinajstić information content (AvgIpc) is 2.57. The molecule has 1 aromatic heterocycles. The monoisotopic (exact) mass is 306 g/mol. The van der Waals surface area contributed by atoms with E-state index in [1.54, 1.807) is 18.3 Å². The second kappa shape index (κ2) is 6.79. The first-order valence-corrected chi connectivity index (χ1v) is 7.16. The molecule has 0 bridgehead atoms. The molecule has 114 valence electrons. The van der Waals surface area contributed by atoms with Gasteiger partial charge in [-0.05, 0) is 24.6 Å². The lowest BCUT2D eigenvalue weighted by Crippen LogP contribution is -1.99. The van der Waals surface area contributed by atoms with Crippen LogP contribution in [0.3, 0.4) is 0 Å². The minimum absolute atomic E-state index is 0.269. The van der Waals surface area contributed by atoms with Gasteiger partial charge in [-0.15, -0.1) is 0 Å². The van der Waals surface area contributed by atoms with E-state index >= 15 is 0 Å². The van der Waals surface area contributed by atoms with Gasteiger partial charge in [0.2, 0.25) is 0 Å². The van der Waals surface area contributed by atoms with Crippen LogP contribution in [-0.2, 0) is 0 Å². The van der Waals surface area contributed by atoms with Crippen molar-refractivity contribution in [1.82, 2.24) is 9.97 Å². The van der Waals surface area contributed by atoms with Gasteiger partial charge in [-0.1, -0.05) is 42.5 Å². The summed E-state index contributed by atoms with van der Waals surface area (Å²) >= 11 is 0. The Morgan fingerprint density at radius 3 is 2.48 bits per heavy atom. The number of rotatable bonds is 4. The summed E-state index contributed by atoms with van der Waals surface area (Å²) in [5.41, 5.74) is 5.47. The van der Waals surface area contributed by atoms with Crippen molar-refractivity contribution in [3.05, 3.63) is 77.7 Å². The number of benzene rings is 2. The van der Waals surface area contributed by atoms with Crippen LogP contribution in [0.25, 0.3) is 11.4 Å². The Hall–Kier alpha value is -3.08. The number of aromatic nitrogens is 2. The zero-order valence-corrected chi connectivity index (χ0v) is 12.6. The van der Waals surface area contributed by atoms with E-state index in [4.69, 9.17) is 0 Å². The highest BCUT2D eigenvalue weighted by molar-refractivity contribution is 5.80. The molecule has 0 radical (unpaired) electrons. The Kier molecular flexibility index (Phi) is 4.38. The molecule has 0 unspecified atom stereocenters.